The van der Waals surface area contributed by atoms with Crippen LogP contribution in [-0.2, 0) is 12.8 Å². The maximum atomic E-state index is 5.09. The monoisotopic (exact) mass is 178 g/mol. The molecule has 0 bridgehead atoms. The Balaban J connectivity index is 2.32. The van der Waals surface area contributed by atoms with E-state index in [2.05, 4.69) is 16.4 Å². The van der Waals surface area contributed by atoms with E-state index in [0.717, 1.165) is 31.8 Å². The Bertz CT molecular complexity index is 299. The molecule has 0 saturated carbocycles. The van der Waals surface area contributed by atoms with Crippen LogP contribution in [0.25, 0.3) is 0 Å². The zero-order valence-electron chi connectivity index (χ0n) is 7.84. The van der Waals surface area contributed by atoms with Crippen molar-refractivity contribution < 1.29 is 4.74 Å². The molecule has 0 fully saturated rings. The summed E-state index contributed by atoms with van der Waals surface area (Å²) in [5.41, 5.74) is 2.54. The zero-order chi connectivity index (χ0) is 9.10. The number of nitrogens with one attached hydrogen (secondary N) is 1. The average Bonchev–Trinajstić information content (AvgIpc) is 2.41. The van der Waals surface area contributed by atoms with E-state index >= 15 is 0 Å². The topological polar surface area (TPSA) is 34.1 Å². The van der Waals surface area contributed by atoms with Gasteiger partial charge in [-0.3, -0.25) is 0 Å². The summed E-state index contributed by atoms with van der Waals surface area (Å²) in [6.45, 7) is 2.08. The molecule has 0 radical (unpaired) electrons. The van der Waals surface area contributed by atoms with Gasteiger partial charge < -0.3 is 10.1 Å². The van der Waals surface area contributed by atoms with Gasteiger partial charge in [0.25, 0.3) is 0 Å². The molecular formula is C10H14N2O. The smallest absolute Gasteiger partial charge is 0.213 e. The van der Waals surface area contributed by atoms with Crippen molar-refractivity contribution >= 4 is 0 Å². The summed E-state index contributed by atoms with van der Waals surface area (Å²) in [6.07, 6.45) is 2.08. The predicted octanol–water partition coefficient (Wildman–Crippen LogP) is 0.778. The van der Waals surface area contributed by atoms with Crippen molar-refractivity contribution in [2.75, 3.05) is 20.2 Å². The summed E-state index contributed by atoms with van der Waals surface area (Å²) >= 11 is 0. The first-order valence-corrected chi connectivity index (χ1v) is 4.63. The van der Waals surface area contributed by atoms with Gasteiger partial charge in [-0.2, -0.15) is 0 Å². The molecule has 1 aliphatic heterocycles. The molecule has 0 unspecified atom stereocenters. The molecule has 13 heavy (non-hydrogen) atoms. The molecule has 2 heterocycles. The number of hydrogen-bond acceptors (Lipinski definition) is 3. The quantitative estimate of drug-likeness (QED) is 0.690. The van der Waals surface area contributed by atoms with Crippen LogP contribution in [0.15, 0.2) is 12.1 Å². The third kappa shape index (κ3) is 1.80. The van der Waals surface area contributed by atoms with Crippen LogP contribution in [0, 0.1) is 0 Å². The first-order chi connectivity index (χ1) is 6.40. The van der Waals surface area contributed by atoms with Crippen LogP contribution < -0.4 is 10.1 Å². The molecule has 0 aromatic carbocycles. The Kier molecular flexibility index (Phi) is 2.45. The molecule has 70 valence electrons. The highest BCUT2D eigenvalue weighted by molar-refractivity contribution is 5.27. The van der Waals surface area contributed by atoms with Crippen LogP contribution in [0.2, 0.25) is 0 Å². The van der Waals surface area contributed by atoms with Gasteiger partial charge in [-0.25, -0.2) is 4.98 Å². The van der Waals surface area contributed by atoms with Crippen LogP contribution in [-0.4, -0.2) is 25.2 Å². The summed E-state index contributed by atoms with van der Waals surface area (Å²) in [5.74, 6) is 0.723. The van der Waals surface area contributed by atoms with Gasteiger partial charge in [0.2, 0.25) is 5.88 Å². The zero-order valence-corrected chi connectivity index (χ0v) is 7.84. The number of methoxy groups -OCH3 is 1. The number of rotatable bonds is 1. The van der Waals surface area contributed by atoms with Crippen LogP contribution in [0.1, 0.15) is 11.3 Å². The van der Waals surface area contributed by atoms with Crippen LogP contribution in [0.5, 0.6) is 5.88 Å². The van der Waals surface area contributed by atoms with Gasteiger partial charge in [0.1, 0.15) is 0 Å². The Hall–Kier alpha value is -1.09. The molecule has 1 aromatic rings. The van der Waals surface area contributed by atoms with E-state index in [1.807, 2.05) is 6.07 Å². The van der Waals surface area contributed by atoms with Crippen molar-refractivity contribution in [3.05, 3.63) is 23.4 Å². The molecule has 0 saturated heterocycles. The maximum Gasteiger partial charge on any atom is 0.213 e. The minimum absolute atomic E-state index is 0.723. The van der Waals surface area contributed by atoms with Crippen LogP contribution in [0.4, 0.5) is 0 Å². The van der Waals surface area contributed by atoms with Crippen LogP contribution in [0.3, 0.4) is 0 Å². The molecule has 0 spiro atoms. The fourth-order valence-corrected chi connectivity index (χ4v) is 1.62. The summed E-state index contributed by atoms with van der Waals surface area (Å²) in [4.78, 5) is 4.43. The Morgan fingerprint density at radius 2 is 2.15 bits per heavy atom. The summed E-state index contributed by atoms with van der Waals surface area (Å²) in [5, 5.41) is 3.35. The van der Waals surface area contributed by atoms with Crippen molar-refractivity contribution in [3.8, 4) is 5.88 Å². The van der Waals surface area contributed by atoms with Gasteiger partial charge in [-0.1, -0.05) is 6.07 Å². The second kappa shape index (κ2) is 3.75. The highest BCUT2D eigenvalue weighted by Gasteiger charge is 2.08. The van der Waals surface area contributed by atoms with Crippen molar-refractivity contribution in [1.29, 1.82) is 0 Å². The third-order valence-corrected chi connectivity index (χ3v) is 2.36. The minimum atomic E-state index is 0.723. The van der Waals surface area contributed by atoms with E-state index in [0.29, 0.717) is 0 Å². The lowest BCUT2D eigenvalue weighted by molar-refractivity contribution is 0.396. The van der Waals surface area contributed by atoms with Crippen molar-refractivity contribution in [2.45, 2.75) is 12.8 Å². The molecule has 1 aromatic heterocycles. The standard InChI is InChI=1S/C10H14N2O/c1-13-10-3-2-8-4-6-11-7-5-9(8)12-10/h2-3,11H,4-7H2,1H3. The maximum absolute atomic E-state index is 5.09. The van der Waals surface area contributed by atoms with Crippen LogP contribution >= 0.6 is 0 Å². The van der Waals surface area contributed by atoms with Gasteiger partial charge >= 0.3 is 0 Å². The highest BCUT2D eigenvalue weighted by Crippen LogP contribution is 2.15. The lowest BCUT2D eigenvalue weighted by atomic mass is 10.1. The molecule has 0 amide bonds. The van der Waals surface area contributed by atoms with E-state index in [4.69, 9.17) is 4.74 Å². The summed E-state index contributed by atoms with van der Waals surface area (Å²) in [7, 11) is 1.66. The second-order valence-electron chi connectivity index (χ2n) is 3.21. The number of ether oxygens (including phenoxy) is 1. The predicted molar refractivity (Wildman–Crippen MR) is 51.1 cm³/mol. The van der Waals surface area contributed by atoms with Crippen molar-refractivity contribution in [2.24, 2.45) is 0 Å². The fourth-order valence-electron chi connectivity index (χ4n) is 1.62. The molecule has 2 rings (SSSR count). The van der Waals surface area contributed by atoms with Gasteiger partial charge in [-0.05, 0) is 18.5 Å². The minimum Gasteiger partial charge on any atom is -0.481 e. The third-order valence-electron chi connectivity index (χ3n) is 2.36. The SMILES string of the molecule is COc1ccc2c(n1)CCNCC2. The number of pyridine rings is 1. The lowest BCUT2D eigenvalue weighted by Gasteiger charge is -2.05. The van der Waals surface area contributed by atoms with E-state index in [1.54, 1.807) is 7.11 Å². The second-order valence-corrected chi connectivity index (χ2v) is 3.21. The molecule has 1 aliphatic rings. The molecule has 3 nitrogen and oxygen atoms in total. The van der Waals surface area contributed by atoms with Gasteiger partial charge in [0.05, 0.1) is 7.11 Å². The summed E-state index contributed by atoms with van der Waals surface area (Å²) < 4.78 is 5.09. The first kappa shape index (κ1) is 8.51. The molecule has 0 atom stereocenters. The molecule has 3 heteroatoms. The number of aromatic nitrogens is 1. The van der Waals surface area contributed by atoms with Crippen molar-refractivity contribution in [3.63, 3.8) is 0 Å². The lowest BCUT2D eigenvalue weighted by Crippen LogP contribution is -2.16. The van der Waals surface area contributed by atoms with E-state index in [9.17, 15) is 0 Å². The fraction of sp³-hybridized carbons (Fsp3) is 0.500. The van der Waals surface area contributed by atoms with Gasteiger partial charge in [-0.15, -0.1) is 0 Å². The molecule has 1 N–H and O–H groups in total. The Morgan fingerprint density at radius 1 is 1.31 bits per heavy atom. The summed E-state index contributed by atoms with van der Waals surface area (Å²) in [6, 6.07) is 4.05. The molecule has 0 aliphatic carbocycles. The number of fused-ring (bicyclic) bond motifs is 1. The van der Waals surface area contributed by atoms with Gasteiger partial charge in [0.15, 0.2) is 0 Å². The van der Waals surface area contributed by atoms with E-state index in [1.165, 1.54) is 11.3 Å². The Labute approximate surface area is 78.1 Å². The van der Waals surface area contributed by atoms with Crippen molar-refractivity contribution in [1.82, 2.24) is 10.3 Å². The first-order valence-electron chi connectivity index (χ1n) is 4.63. The average molecular weight is 178 g/mol. The Morgan fingerprint density at radius 3 is 3.00 bits per heavy atom. The highest BCUT2D eigenvalue weighted by atomic mass is 16.5. The normalized spacial score (nSPS) is 16.1. The number of hydrogen-bond donors (Lipinski definition) is 1. The molecular weight excluding hydrogens is 164 g/mol. The number of nitrogens with zero attached hydrogens (tertiary/aromatic N) is 1. The largest absolute Gasteiger partial charge is 0.481 e. The van der Waals surface area contributed by atoms with E-state index in [-0.39, 0.29) is 0 Å². The van der Waals surface area contributed by atoms with E-state index < -0.39 is 0 Å². The van der Waals surface area contributed by atoms with Gasteiger partial charge in [0, 0.05) is 24.7 Å².